The summed E-state index contributed by atoms with van der Waals surface area (Å²) in [7, 11) is 0. The van der Waals surface area contributed by atoms with E-state index in [1.54, 1.807) is 12.1 Å². The molecule has 6 nitrogen and oxygen atoms in total. The van der Waals surface area contributed by atoms with Crippen molar-refractivity contribution in [1.29, 1.82) is 0 Å². The van der Waals surface area contributed by atoms with Gasteiger partial charge in [0.05, 0.1) is 5.69 Å². The van der Waals surface area contributed by atoms with Gasteiger partial charge in [0.25, 0.3) is 5.91 Å². The molecule has 0 aliphatic heterocycles. The van der Waals surface area contributed by atoms with E-state index < -0.39 is 0 Å². The van der Waals surface area contributed by atoms with Crippen LogP contribution in [0.2, 0.25) is 0 Å². The number of aryl methyl sites for hydroxylation is 1. The van der Waals surface area contributed by atoms with E-state index in [9.17, 15) is 9.59 Å². The van der Waals surface area contributed by atoms with Crippen LogP contribution in [0.3, 0.4) is 0 Å². The van der Waals surface area contributed by atoms with E-state index in [1.165, 1.54) is 0 Å². The molecular formula is C23H34N4O2. The lowest BCUT2D eigenvalue weighted by atomic mass is 9.87. The first-order valence-corrected chi connectivity index (χ1v) is 10.2. The third-order valence-corrected chi connectivity index (χ3v) is 5.00. The molecule has 0 aliphatic carbocycles. The molecule has 0 atom stereocenters. The van der Waals surface area contributed by atoms with Gasteiger partial charge in [-0.3, -0.25) is 25.1 Å². The zero-order chi connectivity index (χ0) is 21.8. The summed E-state index contributed by atoms with van der Waals surface area (Å²) in [5, 5.41) is 4.58. The van der Waals surface area contributed by atoms with Gasteiger partial charge in [0.15, 0.2) is 0 Å². The van der Waals surface area contributed by atoms with Gasteiger partial charge in [0, 0.05) is 24.2 Å². The maximum Gasteiger partial charge on any atom is 0.269 e. The van der Waals surface area contributed by atoms with Crippen LogP contribution < -0.4 is 10.9 Å². The summed E-state index contributed by atoms with van der Waals surface area (Å²) in [4.78, 5) is 24.5. The number of hydrogen-bond donors (Lipinski definition) is 2. The minimum Gasteiger partial charge on any atom is -0.273 e. The Hall–Kier alpha value is -2.63. The molecule has 0 radical (unpaired) electrons. The minimum absolute atomic E-state index is 0.0302. The van der Waals surface area contributed by atoms with Crippen LogP contribution in [-0.2, 0) is 23.2 Å². The summed E-state index contributed by atoms with van der Waals surface area (Å²) in [6, 6.07) is 7.43. The van der Waals surface area contributed by atoms with Crippen LogP contribution in [0.4, 0.5) is 0 Å². The predicted octanol–water partition coefficient (Wildman–Crippen LogP) is 3.85. The van der Waals surface area contributed by atoms with Crippen LogP contribution in [0.5, 0.6) is 0 Å². The number of benzene rings is 1. The summed E-state index contributed by atoms with van der Waals surface area (Å²) in [5.41, 5.74) is 9.86. The van der Waals surface area contributed by atoms with E-state index in [2.05, 4.69) is 50.6 Å². The van der Waals surface area contributed by atoms with E-state index in [0.29, 0.717) is 17.9 Å². The number of hydrazine groups is 1. The third-order valence-electron chi connectivity index (χ3n) is 5.00. The number of hydrogen-bond acceptors (Lipinski definition) is 3. The fourth-order valence-corrected chi connectivity index (χ4v) is 3.24. The third kappa shape index (κ3) is 6.17. The number of nitrogens with zero attached hydrogens (tertiary/aromatic N) is 2. The highest BCUT2D eigenvalue weighted by atomic mass is 16.2. The second-order valence-corrected chi connectivity index (χ2v) is 9.05. The largest absolute Gasteiger partial charge is 0.273 e. The highest BCUT2D eigenvalue weighted by Crippen LogP contribution is 2.22. The molecule has 0 spiro atoms. The van der Waals surface area contributed by atoms with Gasteiger partial charge in [-0.2, -0.15) is 5.10 Å². The zero-order valence-corrected chi connectivity index (χ0v) is 18.7. The second kappa shape index (κ2) is 9.25. The molecule has 2 amide bonds. The molecule has 1 heterocycles. The fourth-order valence-electron chi connectivity index (χ4n) is 3.24. The van der Waals surface area contributed by atoms with Crippen molar-refractivity contribution >= 4 is 11.8 Å². The zero-order valence-electron chi connectivity index (χ0n) is 18.7. The molecule has 0 saturated heterocycles. The lowest BCUT2D eigenvalue weighted by molar-refractivity contribution is -0.121. The van der Waals surface area contributed by atoms with Gasteiger partial charge in [0.2, 0.25) is 5.91 Å². The van der Waals surface area contributed by atoms with Crippen LogP contribution in [0.25, 0.3) is 0 Å². The Labute approximate surface area is 174 Å². The molecule has 29 heavy (non-hydrogen) atoms. The number of amides is 2. The first-order chi connectivity index (χ1) is 13.5. The molecule has 2 aromatic rings. The van der Waals surface area contributed by atoms with E-state index in [-0.39, 0.29) is 23.7 Å². The van der Waals surface area contributed by atoms with E-state index in [0.717, 1.165) is 29.1 Å². The van der Waals surface area contributed by atoms with Gasteiger partial charge < -0.3 is 0 Å². The van der Waals surface area contributed by atoms with Crippen molar-refractivity contribution in [3.63, 3.8) is 0 Å². The van der Waals surface area contributed by atoms with Crippen molar-refractivity contribution < 1.29 is 9.59 Å². The van der Waals surface area contributed by atoms with Crippen molar-refractivity contribution in [2.24, 2.45) is 5.92 Å². The molecule has 0 fully saturated rings. The lowest BCUT2D eigenvalue weighted by Crippen LogP contribution is -2.41. The smallest absolute Gasteiger partial charge is 0.269 e. The monoisotopic (exact) mass is 398 g/mol. The van der Waals surface area contributed by atoms with Crippen molar-refractivity contribution in [3.05, 3.63) is 52.3 Å². The van der Waals surface area contributed by atoms with Gasteiger partial charge in [-0.05, 0) is 54.9 Å². The normalized spacial score (nSPS) is 11.6. The summed E-state index contributed by atoms with van der Waals surface area (Å²) in [5.74, 6) is -0.0344. The van der Waals surface area contributed by atoms with Crippen LogP contribution in [0.1, 0.15) is 73.9 Å². The highest BCUT2D eigenvalue weighted by Gasteiger charge is 2.16. The maximum atomic E-state index is 12.3. The summed E-state index contributed by atoms with van der Waals surface area (Å²) < 4.78 is 2.01. The molecule has 0 bridgehead atoms. The van der Waals surface area contributed by atoms with Crippen LogP contribution >= 0.6 is 0 Å². The number of aromatic nitrogens is 2. The number of rotatable bonds is 6. The molecule has 158 valence electrons. The molecule has 0 saturated carbocycles. The Bertz CT molecular complexity index is 858. The Morgan fingerprint density at radius 2 is 1.69 bits per heavy atom. The second-order valence-electron chi connectivity index (χ2n) is 9.05. The van der Waals surface area contributed by atoms with Crippen molar-refractivity contribution in [2.75, 3.05) is 0 Å². The Morgan fingerprint density at radius 3 is 2.24 bits per heavy atom. The average molecular weight is 399 g/mol. The number of carbonyl (C=O) groups excluding carboxylic acids is 2. The highest BCUT2D eigenvalue weighted by molar-refractivity contribution is 5.95. The van der Waals surface area contributed by atoms with Crippen LogP contribution in [0.15, 0.2) is 24.3 Å². The Kier molecular flexibility index (Phi) is 7.22. The van der Waals surface area contributed by atoms with Crippen LogP contribution in [-0.4, -0.2) is 21.6 Å². The average Bonchev–Trinajstić information content (AvgIpc) is 2.89. The Morgan fingerprint density at radius 1 is 1.07 bits per heavy atom. The van der Waals surface area contributed by atoms with Gasteiger partial charge in [-0.25, -0.2) is 0 Å². The standard InChI is InChI=1S/C23H34N4O2/c1-15(2)14-27-17(4)20(16(3)26-27)12-13-21(28)24-25-22(29)18-8-10-19(11-9-18)23(5,6)7/h8-11,15H,12-14H2,1-7H3,(H,24,28)(H,25,29). The van der Waals surface area contributed by atoms with Crippen molar-refractivity contribution in [1.82, 2.24) is 20.6 Å². The molecule has 6 heteroatoms. The molecule has 2 N–H and O–H groups in total. The lowest BCUT2D eigenvalue weighted by Gasteiger charge is -2.19. The fraction of sp³-hybridized carbons (Fsp3) is 0.522. The SMILES string of the molecule is Cc1nn(CC(C)C)c(C)c1CCC(=O)NNC(=O)c1ccc(C(C)(C)C)cc1. The first kappa shape index (κ1) is 22.7. The minimum atomic E-state index is -0.323. The van der Waals surface area contributed by atoms with Crippen molar-refractivity contribution in [3.8, 4) is 0 Å². The molecule has 0 unspecified atom stereocenters. The summed E-state index contributed by atoms with van der Waals surface area (Å²) >= 11 is 0. The van der Waals surface area contributed by atoms with Gasteiger partial charge in [-0.1, -0.05) is 46.8 Å². The molecular weight excluding hydrogens is 364 g/mol. The maximum absolute atomic E-state index is 12.3. The van der Waals surface area contributed by atoms with E-state index >= 15 is 0 Å². The van der Waals surface area contributed by atoms with Crippen molar-refractivity contribution in [2.45, 2.75) is 73.3 Å². The summed E-state index contributed by atoms with van der Waals surface area (Å²) in [6.45, 7) is 15.6. The quantitative estimate of drug-likeness (QED) is 0.726. The van der Waals surface area contributed by atoms with Gasteiger partial charge in [0.1, 0.15) is 0 Å². The Balaban J connectivity index is 1.87. The number of nitrogens with one attached hydrogen (secondary N) is 2. The van der Waals surface area contributed by atoms with Gasteiger partial charge in [-0.15, -0.1) is 0 Å². The summed E-state index contributed by atoms with van der Waals surface area (Å²) in [6.07, 6.45) is 0.885. The molecule has 2 rings (SSSR count). The first-order valence-electron chi connectivity index (χ1n) is 10.2. The molecule has 1 aromatic heterocycles. The predicted molar refractivity (Wildman–Crippen MR) is 116 cm³/mol. The van der Waals surface area contributed by atoms with E-state index in [1.807, 2.05) is 30.7 Å². The topological polar surface area (TPSA) is 76.0 Å². The number of carbonyl (C=O) groups is 2. The van der Waals surface area contributed by atoms with E-state index in [4.69, 9.17) is 0 Å². The van der Waals surface area contributed by atoms with Crippen LogP contribution in [0, 0.1) is 19.8 Å². The molecule has 0 aliphatic rings. The van der Waals surface area contributed by atoms with Gasteiger partial charge >= 0.3 is 0 Å². The molecule has 1 aromatic carbocycles.